The Morgan fingerprint density at radius 1 is 1.18 bits per heavy atom. The Labute approximate surface area is 169 Å². The van der Waals surface area contributed by atoms with Gasteiger partial charge in [-0.25, -0.2) is 4.98 Å². The van der Waals surface area contributed by atoms with Gasteiger partial charge in [0, 0.05) is 28.3 Å². The second-order valence-electron chi connectivity index (χ2n) is 6.39. The lowest BCUT2D eigenvalue weighted by Crippen LogP contribution is -2.13. The number of carbonyl (C=O) groups excluding carboxylic acids is 1. The van der Waals surface area contributed by atoms with Gasteiger partial charge in [-0.15, -0.1) is 11.3 Å². The molecule has 0 fully saturated rings. The van der Waals surface area contributed by atoms with Gasteiger partial charge in [-0.1, -0.05) is 25.5 Å². The third-order valence-corrected chi connectivity index (χ3v) is 5.21. The predicted octanol–water partition coefficient (Wildman–Crippen LogP) is 5.56. The van der Waals surface area contributed by atoms with Gasteiger partial charge < -0.3 is 14.8 Å². The van der Waals surface area contributed by atoms with Crippen molar-refractivity contribution in [2.24, 2.45) is 0 Å². The number of ether oxygens (including phenoxy) is 2. The van der Waals surface area contributed by atoms with Crippen molar-refractivity contribution in [3.05, 3.63) is 59.1 Å². The molecule has 0 unspecified atom stereocenters. The third kappa shape index (κ3) is 4.89. The fraction of sp³-hybridized carbons (Fsp3) is 0.273. The summed E-state index contributed by atoms with van der Waals surface area (Å²) in [7, 11) is 1.59. The molecule has 28 heavy (non-hydrogen) atoms. The molecule has 3 rings (SSSR count). The number of rotatable bonds is 8. The normalized spacial score (nSPS) is 10.5. The van der Waals surface area contributed by atoms with Gasteiger partial charge in [-0.3, -0.25) is 4.79 Å². The Bertz CT molecular complexity index is 935. The van der Waals surface area contributed by atoms with Crippen molar-refractivity contribution in [3.63, 3.8) is 0 Å². The predicted molar refractivity (Wildman–Crippen MR) is 114 cm³/mol. The number of nitrogens with one attached hydrogen (secondary N) is 1. The molecule has 0 radical (unpaired) electrons. The van der Waals surface area contributed by atoms with Gasteiger partial charge in [0.25, 0.3) is 5.91 Å². The molecule has 1 N–H and O–H groups in total. The third-order valence-electron chi connectivity index (χ3n) is 4.20. The van der Waals surface area contributed by atoms with Gasteiger partial charge >= 0.3 is 0 Å². The molecule has 146 valence electrons. The van der Waals surface area contributed by atoms with Crippen LogP contribution in [0.3, 0.4) is 0 Å². The minimum Gasteiger partial charge on any atom is -0.497 e. The zero-order chi connectivity index (χ0) is 19.9. The maximum atomic E-state index is 12.7. The molecule has 0 aliphatic heterocycles. The number of anilines is 1. The average molecular weight is 397 g/mol. The largest absolute Gasteiger partial charge is 0.497 e. The number of unbranched alkanes of at least 4 members (excludes halogenated alkanes) is 1. The molecule has 1 aromatic heterocycles. The van der Waals surface area contributed by atoms with Gasteiger partial charge in [0.05, 0.1) is 19.4 Å². The summed E-state index contributed by atoms with van der Waals surface area (Å²) in [5, 5.41) is 5.90. The van der Waals surface area contributed by atoms with Crippen molar-refractivity contribution >= 4 is 22.9 Å². The van der Waals surface area contributed by atoms with Crippen LogP contribution in [0.4, 0.5) is 5.69 Å². The van der Waals surface area contributed by atoms with Crippen molar-refractivity contribution in [2.45, 2.75) is 26.7 Å². The molecule has 5 nitrogen and oxygen atoms in total. The summed E-state index contributed by atoms with van der Waals surface area (Å²) in [6.45, 7) is 4.68. The van der Waals surface area contributed by atoms with E-state index >= 15 is 0 Å². The number of hydrogen-bond donors (Lipinski definition) is 1. The smallest absolute Gasteiger partial charge is 0.255 e. The fourth-order valence-electron chi connectivity index (χ4n) is 2.63. The molecular weight excluding hydrogens is 372 g/mol. The number of aromatic nitrogens is 1. The molecule has 0 aliphatic carbocycles. The van der Waals surface area contributed by atoms with E-state index in [-0.39, 0.29) is 5.91 Å². The lowest BCUT2D eigenvalue weighted by molar-refractivity contribution is 0.102. The van der Waals surface area contributed by atoms with E-state index in [0.29, 0.717) is 29.4 Å². The van der Waals surface area contributed by atoms with Crippen molar-refractivity contribution in [1.82, 2.24) is 4.98 Å². The zero-order valence-corrected chi connectivity index (χ0v) is 17.1. The average Bonchev–Trinajstić information content (AvgIpc) is 3.15. The second kappa shape index (κ2) is 9.37. The minimum atomic E-state index is -0.199. The first kappa shape index (κ1) is 19.9. The molecule has 0 atom stereocenters. The number of methoxy groups -OCH3 is 1. The number of aryl methyl sites for hydroxylation is 1. The number of hydrogen-bond acceptors (Lipinski definition) is 5. The van der Waals surface area contributed by atoms with Crippen LogP contribution >= 0.6 is 11.3 Å². The van der Waals surface area contributed by atoms with Crippen molar-refractivity contribution in [3.8, 4) is 22.1 Å². The first-order chi connectivity index (χ1) is 13.6. The lowest BCUT2D eigenvalue weighted by atomic mass is 10.1. The van der Waals surface area contributed by atoms with E-state index < -0.39 is 0 Å². The van der Waals surface area contributed by atoms with Crippen LogP contribution in [0, 0.1) is 6.92 Å². The van der Waals surface area contributed by atoms with Crippen LogP contribution in [0.5, 0.6) is 11.5 Å². The summed E-state index contributed by atoms with van der Waals surface area (Å²) in [6, 6.07) is 12.8. The quantitative estimate of drug-likeness (QED) is 0.507. The van der Waals surface area contributed by atoms with Crippen molar-refractivity contribution < 1.29 is 14.3 Å². The van der Waals surface area contributed by atoms with Gasteiger partial charge in [-0.05, 0) is 37.6 Å². The van der Waals surface area contributed by atoms with Crippen molar-refractivity contribution in [1.29, 1.82) is 0 Å². The monoisotopic (exact) mass is 396 g/mol. The molecule has 0 saturated carbocycles. The minimum absolute atomic E-state index is 0.199. The van der Waals surface area contributed by atoms with Crippen molar-refractivity contribution in [2.75, 3.05) is 19.0 Å². The van der Waals surface area contributed by atoms with Gasteiger partial charge in [0.2, 0.25) is 0 Å². The number of nitrogens with zero attached hydrogens (tertiary/aromatic N) is 1. The van der Waals surface area contributed by atoms with Gasteiger partial charge in [0.15, 0.2) is 0 Å². The standard InChI is InChI=1S/C22H24N2O3S/c1-4-5-12-27-20-11-10-18(26-3)13-19(20)24-21(25)16-6-8-17(9-7-16)22-23-15(2)14-28-22/h6-11,13-14H,4-5,12H2,1-3H3,(H,24,25). The first-order valence-electron chi connectivity index (χ1n) is 9.25. The van der Waals surface area contributed by atoms with E-state index in [9.17, 15) is 4.79 Å². The number of benzene rings is 2. The van der Waals surface area contributed by atoms with E-state index in [0.717, 1.165) is 29.1 Å². The number of amides is 1. The summed E-state index contributed by atoms with van der Waals surface area (Å²) in [5.74, 6) is 1.10. The molecule has 0 aliphatic rings. The van der Waals surface area contributed by atoms with E-state index in [1.807, 2.05) is 36.6 Å². The molecule has 3 aromatic rings. The summed E-state index contributed by atoms with van der Waals surface area (Å²) in [5.41, 5.74) is 3.16. The molecule has 0 bridgehead atoms. The molecule has 2 aromatic carbocycles. The number of carbonyl (C=O) groups is 1. The Balaban J connectivity index is 1.76. The Morgan fingerprint density at radius 3 is 2.61 bits per heavy atom. The summed E-state index contributed by atoms with van der Waals surface area (Å²) >= 11 is 1.59. The molecule has 0 spiro atoms. The molecule has 0 saturated heterocycles. The maximum Gasteiger partial charge on any atom is 0.255 e. The Kier molecular flexibility index (Phi) is 6.66. The highest BCUT2D eigenvalue weighted by molar-refractivity contribution is 7.13. The molecule has 1 heterocycles. The summed E-state index contributed by atoms with van der Waals surface area (Å²) in [6.07, 6.45) is 2.00. The van der Waals surface area contributed by atoms with Gasteiger partial charge in [-0.2, -0.15) is 0 Å². The highest BCUT2D eigenvalue weighted by Gasteiger charge is 2.12. The van der Waals surface area contributed by atoms with E-state index in [4.69, 9.17) is 9.47 Å². The van der Waals surface area contributed by atoms with Crippen LogP contribution in [0.25, 0.3) is 10.6 Å². The second-order valence-corrected chi connectivity index (χ2v) is 7.25. The van der Waals surface area contributed by atoms with E-state index in [1.54, 1.807) is 36.6 Å². The highest BCUT2D eigenvalue weighted by Crippen LogP contribution is 2.30. The molecular formula is C22H24N2O3S. The van der Waals surface area contributed by atoms with Crippen LogP contribution in [-0.4, -0.2) is 24.6 Å². The fourth-order valence-corrected chi connectivity index (χ4v) is 3.44. The van der Waals surface area contributed by atoms with E-state index in [1.165, 1.54) is 0 Å². The van der Waals surface area contributed by atoms with Crippen LogP contribution in [0.1, 0.15) is 35.8 Å². The lowest BCUT2D eigenvalue weighted by Gasteiger charge is -2.14. The Morgan fingerprint density at radius 2 is 1.96 bits per heavy atom. The van der Waals surface area contributed by atoms with Crippen LogP contribution in [0.15, 0.2) is 47.8 Å². The number of thiazole rings is 1. The molecule has 1 amide bonds. The van der Waals surface area contributed by atoms with Crippen LogP contribution < -0.4 is 14.8 Å². The molecule has 6 heteroatoms. The van der Waals surface area contributed by atoms with E-state index in [2.05, 4.69) is 17.2 Å². The SMILES string of the molecule is CCCCOc1ccc(OC)cc1NC(=O)c1ccc(-c2nc(C)cs2)cc1. The highest BCUT2D eigenvalue weighted by atomic mass is 32.1. The van der Waals surface area contributed by atoms with Crippen LogP contribution in [-0.2, 0) is 0 Å². The first-order valence-corrected chi connectivity index (χ1v) is 10.1. The zero-order valence-electron chi connectivity index (χ0n) is 16.3. The topological polar surface area (TPSA) is 60.5 Å². The van der Waals surface area contributed by atoms with Gasteiger partial charge in [0.1, 0.15) is 16.5 Å². The summed E-state index contributed by atoms with van der Waals surface area (Å²) in [4.78, 5) is 17.2. The Hall–Kier alpha value is -2.86. The van der Waals surface area contributed by atoms with Crippen LogP contribution in [0.2, 0.25) is 0 Å². The maximum absolute atomic E-state index is 12.7. The summed E-state index contributed by atoms with van der Waals surface area (Å²) < 4.78 is 11.1.